The smallest absolute Gasteiger partial charge is 0.241 e. The lowest BCUT2D eigenvalue weighted by Gasteiger charge is -2.17. The van der Waals surface area contributed by atoms with Crippen LogP contribution in [0.5, 0.6) is 0 Å². The predicted molar refractivity (Wildman–Crippen MR) is 73.8 cm³/mol. The number of benzene rings is 1. The second kappa shape index (κ2) is 5.59. The summed E-state index contributed by atoms with van der Waals surface area (Å²) in [6, 6.07) is 4.99. The van der Waals surface area contributed by atoms with E-state index in [0.29, 0.717) is 5.69 Å². The molecule has 1 aromatic heterocycles. The van der Waals surface area contributed by atoms with Crippen LogP contribution in [-0.4, -0.2) is 32.8 Å². The largest absolute Gasteiger partial charge is 0.377 e. The first kappa shape index (κ1) is 14.5. The first-order valence-electron chi connectivity index (χ1n) is 5.94. The van der Waals surface area contributed by atoms with Gasteiger partial charge in [0.15, 0.2) is 0 Å². The van der Waals surface area contributed by atoms with Crippen molar-refractivity contribution in [3.8, 4) is 0 Å². The molecule has 1 heterocycles. The molecule has 2 rings (SSSR count). The van der Waals surface area contributed by atoms with Crippen molar-refractivity contribution in [2.24, 2.45) is 0 Å². The number of anilines is 1. The van der Waals surface area contributed by atoms with Gasteiger partial charge in [-0.3, -0.25) is 0 Å². The topological polar surface area (TPSA) is 88.3 Å². The van der Waals surface area contributed by atoms with Crippen molar-refractivity contribution in [2.45, 2.75) is 18.4 Å². The molecule has 0 aliphatic rings. The minimum absolute atomic E-state index is 0.0387. The molecule has 0 atom stereocenters. The van der Waals surface area contributed by atoms with E-state index in [9.17, 15) is 8.42 Å². The summed E-state index contributed by atoms with van der Waals surface area (Å²) < 4.78 is 31.3. The van der Waals surface area contributed by atoms with Crippen LogP contribution >= 0.6 is 0 Å². The molecule has 0 saturated carbocycles. The van der Waals surface area contributed by atoms with Gasteiger partial charge in [0.05, 0.1) is 17.6 Å². The molecule has 2 aromatic rings. The molecule has 1 N–H and O–H groups in total. The molecule has 0 aliphatic carbocycles. The number of nitrogens with zero attached hydrogens (tertiary/aromatic N) is 3. The third kappa shape index (κ3) is 3.14. The van der Waals surface area contributed by atoms with Crippen LogP contribution in [-0.2, 0) is 16.6 Å². The molecule has 0 radical (unpaired) electrons. The lowest BCUT2D eigenvalue weighted by Crippen LogP contribution is -2.24. The minimum atomic E-state index is -3.60. The summed E-state index contributed by atoms with van der Waals surface area (Å²) in [4.78, 5) is 2.08. The summed E-state index contributed by atoms with van der Waals surface area (Å²) in [6.07, 6.45) is 1.36. The van der Waals surface area contributed by atoms with Gasteiger partial charge in [-0.25, -0.2) is 17.8 Å². The van der Waals surface area contributed by atoms with E-state index in [1.807, 2.05) is 25.9 Å². The molecule has 108 valence electrons. The lowest BCUT2D eigenvalue weighted by molar-refractivity contribution is 0.303. The van der Waals surface area contributed by atoms with E-state index >= 15 is 0 Å². The van der Waals surface area contributed by atoms with Gasteiger partial charge in [0.1, 0.15) is 5.69 Å². The average molecular weight is 296 g/mol. The molecular formula is C12H16N4O3S. The quantitative estimate of drug-likeness (QED) is 0.882. The highest BCUT2D eigenvalue weighted by atomic mass is 32.2. The zero-order valence-electron chi connectivity index (χ0n) is 11.5. The summed E-state index contributed by atoms with van der Waals surface area (Å²) in [5.74, 6) is 0. The first-order valence-corrected chi connectivity index (χ1v) is 7.42. The predicted octanol–water partition coefficient (Wildman–Crippen LogP) is 0.923. The standard InChI is InChI=1S/C12H16N4O3S/c1-9-4-5-11(6-12(9)16(2)3)20(17,18)14-8-10-7-13-19-15-10/h4-7,14H,8H2,1-3H3. The highest BCUT2D eigenvalue weighted by Crippen LogP contribution is 2.22. The van der Waals surface area contributed by atoms with Crippen LogP contribution in [0.3, 0.4) is 0 Å². The summed E-state index contributed by atoms with van der Waals surface area (Å²) >= 11 is 0. The van der Waals surface area contributed by atoms with Crippen LogP contribution in [0.25, 0.3) is 0 Å². The monoisotopic (exact) mass is 296 g/mol. The number of aromatic nitrogens is 2. The van der Waals surface area contributed by atoms with E-state index in [0.717, 1.165) is 11.3 Å². The van der Waals surface area contributed by atoms with Crippen LogP contribution in [0, 0.1) is 6.92 Å². The van der Waals surface area contributed by atoms with Gasteiger partial charge in [-0.1, -0.05) is 16.4 Å². The van der Waals surface area contributed by atoms with Gasteiger partial charge in [0.2, 0.25) is 10.0 Å². The van der Waals surface area contributed by atoms with Crippen molar-refractivity contribution >= 4 is 15.7 Å². The molecule has 0 spiro atoms. The normalized spacial score (nSPS) is 11.6. The van der Waals surface area contributed by atoms with Gasteiger partial charge >= 0.3 is 0 Å². The highest BCUT2D eigenvalue weighted by molar-refractivity contribution is 7.89. The molecule has 0 aliphatic heterocycles. The Balaban J connectivity index is 2.23. The third-order valence-corrected chi connectivity index (χ3v) is 4.22. The van der Waals surface area contributed by atoms with Gasteiger partial charge in [-0.05, 0) is 24.6 Å². The SMILES string of the molecule is Cc1ccc(S(=O)(=O)NCc2cnon2)cc1N(C)C. The fraction of sp³-hybridized carbons (Fsp3) is 0.333. The fourth-order valence-corrected chi connectivity index (χ4v) is 2.77. The maximum absolute atomic E-state index is 12.2. The van der Waals surface area contributed by atoms with Crippen LogP contribution < -0.4 is 9.62 Å². The molecule has 0 amide bonds. The van der Waals surface area contributed by atoms with Gasteiger partial charge in [-0.15, -0.1) is 0 Å². The van der Waals surface area contributed by atoms with Crippen molar-refractivity contribution in [1.29, 1.82) is 0 Å². The van der Waals surface area contributed by atoms with Crippen LogP contribution in [0.15, 0.2) is 33.9 Å². The zero-order valence-corrected chi connectivity index (χ0v) is 12.3. The van der Waals surface area contributed by atoms with E-state index in [1.165, 1.54) is 6.20 Å². The summed E-state index contributed by atoms with van der Waals surface area (Å²) in [7, 11) is 0.141. The Labute approximate surface area is 117 Å². The lowest BCUT2D eigenvalue weighted by atomic mass is 10.2. The Kier molecular flexibility index (Phi) is 4.05. The number of aryl methyl sites for hydroxylation is 1. The second-order valence-corrected chi connectivity index (χ2v) is 6.33. The number of sulfonamides is 1. The number of rotatable bonds is 5. The first-order chi connectivity index (χ1) is 9.40. The van der Waals surface area contributed by atoms with E-state index in [-0.39, 0.29) is 11.4 Å². The Morgan fingerprint density at radius 1 is 1.35 bits per heavy atom. The van der Waals surface area contributed by atoms with E-state index in [4.69, 9.17) is 0 Å². The molecule has 20 heavy (non-hydrogen) atoms. The molecule has 0 saturated heterocycles. The maximum atomic E-state index is 12.2. The van der Waals surface area contributed by atoms with Gasteiger partial charge < -0.3 is 4.90 Å². The second-order valence-electron chi connectivity index (χ2n) is 4.57. The molecule has 0 fully saturated rings. The third-order valence-electron chi connectivity index (χ3n) is 2.82. The fourth-order valence-electron chi connectivity index (χ4n) is 1.75. The van der Waals surface area contributed by atoms with Crippen molar-refractivity contribution in [3.63, 3.8) is 0 Å². The average Bonchev–Trinajstić information content (AvgIpc) is 2.89. The Hall–Kier alpha value is -1.93. The van der Waals surface area contributed by atoms with Crippen LogP contribution in [0.1, 0.15) is 11.3 Å². The van der Waals surface area contributed by atoms with Gasteiger partial charge in [-0.2, -0.15) is 0 Å². The molecule has 7 nitrogen and oxygen atoms in total. The number of hydrogen-bond donors (Lipinski definition) is 1. The highest BCUT2D eigenvalue weighted by Gasteiger charge is 2.16. The number of hydrogen-bond acceptors (Lipinski definition) is 6. The zero-order chi connectivity index (χ0) is 14.8. The summed E-state index contributed by atoms with van der Waals surface area (Å²) in [5.41, 5.74) is 2.29. The molecule has 8 heteroatoms. The number of nitrogens with one attached hydrogen (secondary N) is 1. The van der Waals surface area contributed by atoms with Crippen LogP contribution in [0.4, 0.5) is 5.69 Å². The van der Waals surface area contributed by atoms with Gasteiger partial charge in [0.25, 0.3) is 0 Å². The minimum Gasteiger partial charge on any atom is -0.377 e. The Morgan fingerprint density at radius 2 is 2.10 bits per heavy atom. The summed E-state index contributed by atoms with van der Waals surface area (Å²) in [5, 5.41) is 6.97. The molecule has 0 bridgehead atoms. The Bertz CT molecular complexity index is 681. The maximum Gasteiger partial charge on any atom is 0.241 e. The van der Waals surface area contributed by atoms with Crippen molar-refractivity contribution < 1.29 is 13.0 Å². The van der Waals surface area contributed by atoms with Crippen molar-refractivity contribution in [1.82, 2.24) is 15.0 Å². The summed E-state index contributed by atoms with van der Waals surface area (Å²) in [6.45, 7) is 1.97. The molecular weight excluding hydrogens is 280 g/mol. The van der Waals surface area contributed by atoms with Crippen molar-refractivity contribution in [2.75, 3.05) is 19.0 Å². The van der Waals surface area contributed by atoms with E-state index in [2.05, 4.69) is 19.7 Å². The van der Waals surface area contributed by atoms with Crippen molar-refractivity contribution in [3.05, 3.63) is 35.7 Å². The Morgan fingerprint density at radius 3 is 2.70 bits per heavy atom. The molecule has 0 unspecified atom stereocenters. The van der Waals surface area contributed by atoms with E-state index in [1.54, 1.807) is 18.2 Å². The van der Waals surface area contributed by atoms with Crippen LogP contribution in [0.2, 0.25) is 0 Å². The van der Waals surface area contributed by atoms with E-state index < -0.39 is 10.0 Å². The van der Waals surface area contributed by atoms with Gasteiger partial charge in [0, 0.05) is 19.8 Å². The molecule has 1 aromatic carbocycles.